The molecule has 0 heterocycles. The van der Waals surface area contributed by atoms with Crippen molar-refractivity contribution in [3.63, 3.8) is 0 Å². The third-order valence-electron chi connectivity index (χ3n) is 3.96. The third-order valence-corrected chi connectivity index (χ3v) is 6.14. The average Bonchev–Trinajstić information content (AvgIpc) is 2.34. The van der Waals surface area contributed by atoms with Crippen LogP contribution in [-0.2, 0) is 14.8 Å². The molecule has 0 atom stereocenters. The molecule has 0 aromatic rings. The minimum absolute atomic E-state index is 0.0332. The second-order valence-corrected chi connectivity index (χ2v) is 8.40. The first-order valence-electron chi connectivity index (χ1n) is 7.15. The first-order valence-corrected chi connectivity index (χ1v) is 8.69. The number of carbonyl (C=O) groups is 1. The summed E-state index contributed by atoms with van der Waals surface area (Å²) in [6.07, 6.45) is -4.79. The van der Waals surface area contributed by atoms with E-state index in [0.29, 0.717) is 0 Å². The number of rotatable bonds is 6. The standard InChI is InChI=1S/C13H22F3NO4S/c1-12(2,8-7-11(18)19)17-22(20,21)10-5-3-9(4-6-10)13(14,15)16/h9-10,17H,3-8H2,1-2H3,(H,18,19). The first kappa shape index (κ1) is 19.2. The number of carboxylic acids is 1. The van der Waals surface area contributed by atoms with Gasteiger partial charge in [-0.2, -0.15) is 13.2 Å². The number of aliphatic carboxylic acids is 1. The van der Waals surface area contributed by atoms with Gasteiger partial charge in [-0.25, -0.2) is 13.1 Å². The van der Waals surface area contributed by atoms with Crippen molar-refractivity contribution in [2.24, 2.45) is 5.92 Å². The molecular formula is C13H22F3NO4S. The summed E-state index contributed by atoms with van der Waals surface area (Å²) in [6.45, 7) is 3.13. The Hall–Kier alpha value is -0.830. The van der Waals surface area contributed by atoms with Crippen LogP contribution in [0.3, 0.4) is 0 Å². The predicted molar refractivity (Wildman–Crippen MR) is 74.8 cm³/mol. The summed E-state index contributed by atoms with van der Waals surface area (Å²) >= 11 is 0. The van der Waals surface area contributed by atoms with Gasteiger partial charge in [0, 0.05) is 12.0 Å². The molecule has 0 bridgehead atoms. The molecule has 0 spiro atoms. The largest absolute Gasteiger partial charge is 0.481 e. The van der Waals surface area contributed by atoms with Gasteiger partial charge in [0.25, 0.3) is 0 Å². The summed E-state index contributed by atoms with van der Waals surface area (Å²) < 4.78 is 64.7. The van der Waals surface area contributed by atoms with Crippen molar-refractivity contribution in [1.82, 2.24) is 4.72 Å². The Morgan fingerprint density at radius 3 is 2.09 bits per heavy atom. The molecule has 22 heavy (non-hydrogen) atoms. The van der Waals surface area contributed by atoms with E-state index < -0.39 is 38.9 Å². The Morgan fingerprint density at radius 1 is 1.18 bits per heavy atom. The molecule has 130 valence electrons. The van der Waals surface area contributed by atoms with Crippen LogP contribution >= 0.6 is 0 Å². The molecule has 1 saturated carbocycles. The van der Waals surface area contributed by atoms with Crippen LogP contribution < -0.4 is 4.72 Å². The Bertz CT molecular complexity index is 494. The van der Waals surface area contributed by atoms with Crippen LogP contribution in [0.5, 0.6) is 0 Å². The summed E-state index contributed by atoms with van der Waals surface area (Å²) in [6, 6.07) is 0. The molecule has 1 aliphatic carbocycles. The lowest BCUT2D eigenvalue weighted by Crippen LogP contribution is -2.48. The van der Waals surface area contributed by atoms with Crippen molar-refractivity contribution in [3.8, 4) is 0 Å². The van der Waals surface area contributed by atoms with Gasteiger partial charge in [0.2, 0.25) is 10.0 Å². The highest BCUT2D eigenvalue weighted by molar-refractivity contribution is 7.90. The molecule has 0 unspecified atom stereocenters. The summed E-state index contributed by atoms with van der Waals surface area (Å²) in [5.41, 5.74) is -0.946. The minimum Gasteiger partial charge on any atom is -0.481 e. The molecule has 1 fully saturated rings. The molecule has 1 rings (SSSR count). The van der Waals surface area contributed by atoms with E-state index in [1.165, 1.54) is 0 Å². The zero-order valence-corrected chi connectivity index (χ0v) is 13.4. The fourth-order valence-corrected chi connectivity index (χ4v) is 4.57. The Balaban J connectivity index is 2.63. The van der Waals surface area contributed by atoms with Gasteiger partial charge < -0.3 is 5.11 Å². The molecule has 0 radical (unpaired) electrons. The van der Waals surface area contributed by atoms with Gasteiger partial charge in [-0.05, 0) is 46.0 Å². The number of hydrogen-bond acceptors (Lipinski definition) is 3. The number of alkyl halides is 3. The molecule has 0 aliphatic heterocycles. The quantitative estimate of drug-likeness (QED) is 0.775. The SMILES string of the molecule is CC(C)(CCC(=O)O)NS(=O)(=O)C1CCC(C(F)(F)F)CC1. The van der Waals surface area contributed by atoms with E-state index in [9.17, 15) is 26.4 Å². The number of carboxylic acid groups (broad SMARTS) is 1. The van der Waals surface area contributed by atoms with Gasteiger partial charge in [-0.1, -0.05) is 0 Å². The van der Waals surface area contributed by atoms with Gasteiger partial charge in [-0.15, -0.1) is 0 Å². The van der Waals surface area contributed by atoms with Crippen LogP contribution in [0.25, 0.3) is 0 Å². The van der Waals surface area contributed by atoms with E-state index in [2.05, 4.69) is 4.72 Å². The number of sulfonamides is 1. The van der Waals surface area contributed by atoms with Crippen molar-refractivity contribution in [1.29, 1.82) is 0 Å². The van der Waals surface area contributed by atoms with E-state index >= 15 is 0 Å². The predicted octanol–water partition coefficient (Wildman–Crippen LogP) is 2.67. The lowest BCUT2D eigenvalue weighted by molar-refractivity contribution is -0.181. The maximum Gasteiger partial charge on any atom is 0.391 e. The van der Waals surface area contributed by atoms with Crippen molar-refractivity contribution in [2.45, 2.75) is 69.3 Å². The van der Waals surface area contributed by atoms with E-state index in [4.69, 9.17) is 5.11 Å². The number of halogens is 3. The van der Waals surface area contributed by atoms with Gasteiger partial charge in [0.15, 0.2) is 0 Å². The lowest BCUT2D eigenvalue weighted by atomic mass is 9.88. The minimum atomic E-state index is -4.27. The van der Waals surface area contributed by atoms with Crippen LogP contribution in [-0.4, -0.2) is 36.5 Å². The zero-order valence-electron chi connectivity index (χ0n) is 12.6. The second-order valence-electron chi connectivity index (χ2n) is 6.44. The van der Waals surface area contributed by atoms with Crippen molar-refractivity contribution >= 4 is 16.0 Å². The molecule has 0 aromatic heterocycles. The lowest BCUT2D eigenvalue weighted by Gasteiger charge is -2.33. The highest BCUT2D eigenvalue weighted by atomic mass is 32.2. The maximum absolute atomic E-state index is 12.6. The summed E-state index contributed by atoms with van der Waals surface area (Å²) in [5.74, 6) is -2.46. The van der Waals surface area contributed by atoms with E-state index in [0.717, 1.165) is 0 Å². The van der Waals surface area contributed by atoms with E-state index in [1.54, 1.807) is 13.8 Å². The Morgan fingerprint density at radius 2 is 1.68 bits per heavy atom. The van der Waals surface area contributed by atoms with Crippen LogP contribution in [0.2, 0.25) is 0 Å². The summed E-state index contributed by atoms with van der Waals surface area (Å²) in [4.78, 5) is 10.6. The van der Waals surface area contributed by atoms with Crippen molar-refractivity contribution in [2.75, 3.05) is 0 Å². The Labute approximate surface area is 128 Å². The fraction of sp³-hybridized carbons (Fsp3) is 0.923. The summed E-state index contributed by atoms with van der Waals surface area (Å²) in [7, 11) is -3.77. The maximum atomic E-state index is 12.6. The second kappa shape index (κ2) is 6.74. The molecule has 0 saturated heterocycles. The highest BCUT2D eigenvalue weighted by Gasteiger charge is 2.44. The van der Waals surface area contributed by atoms with Crippen LogP contribution in [0.1, 0.15) is 52.4 Å². The fourth-order valence-electron chi connectivity index (χ4n) is 2.64. The van der Waals surface area contributed by atoms with Gasteiger partial charge in [-0.3, -0.25) is 4.79 Å². The number of nitrogens with one attached hydrogen (secondary N) is 1. The average molecular weight is 345 g/mol. The van der Waals surface area contributed by atoms with Crippen LogP contribution in [0.15, 0.2) is 0 Å². The highest BCUT2D eigenvalue weighted by Crippen LogP contribution is 2.39. The number of hydrogen-bond donors (Lipinski definition) is 2. The molecule has 9 heteroatoms. The van der Waals surface area contributed by atoms with Gasteiger partial charge in [0.05, 0.1) is 11.2 Å². The first-order chi connectivity index (χ1) is 9.83. The van der Waals surface area contributed by atoms with Crippen molar-refractivity contribution < 1.29 is 31.5 Å². The molecule has 5 nitrogen and oxygen atoms in total. The van der Waals surface area contributed by atoms with Crippen LogP contribution in [0.4, 0.5) is 13.2 Å². The smallest absolute Gasteiger partial charge is 0.391 e. The molecule has 2 N–H and O–H groups in total. The normalized spacial score (nSPS) is 24.2. The molecule has 1 aliphatic rings. The molecule has 0 amide bonds. The van der Waals surface area contributed by atoms with E-state index in [-0.39, 0.29) is 38.5 Å². The molecular weight excluding hydrogens is 323 g/mol. The van der Waals surface area contributed by atoms with Crippen molar-refractivity contribution in [3.05, 3.63) is 0 Å². The third kappa shape index (κ3) is 5.75. The van der Waals surface area contributed by atoms with Gasteiger partial charge >= 0.3 is 12.1 Å². The molecule has 0 aromatic carbocycles. The summed E-state index contributed by atoms with van der Waals surface area (Å²) in [5, 5.41) is 7.79. The topological polar surface area (TPSA) is 83.5 Å². The van der Waals surface area contributed by atoms with E-state index in [1.807, 2.05) is 0 Å². The van der Waals surface area contributed by atoms with Gasteiger partial charge in [0.1, 0.15) is 0 Å². The Kier molecular flexibility index (Phi) is 5.88. The zero-order chi connectivity index (χ0) is 17.2. The monoisotopic (exact) mass is 345 g/mol. The van der Waals surface area contributed by atoms with Crippen LogP contribution in [0, 0.1) is 5.92 Å².